The van der Waals surface area contributed by atoms with Gasteiger partial charge in [0.2, 0.25) is 0 Å². The van der Waals surface area contributed by atoms with Gasteiger partial charge in [0.15, 0.2) is 0 Å². The predicted octanol–water partition coefficient (Wildman–Crippen LogP) is 3.86. The molecule has 4 heteroatoms. The third-order valence-corrected chi connectivity index (χ3v) is 7.56. The highest BCUT2D eigenvalue weighted by molar-refractivity contribution is 8.07. The van der Waals surface area contributed by atoms with Gasteiger partial charge in [0.25, 0.3) is 0 Å². The molecular formula is C16H20N2S2. The number of rotatable bonds is 2. The molecule has 20 heavy (non-hydrogen) atoms. The molecule has 0 spiro atoms. The molecule has 1 fully saturated rings. The van der Waals surface area contributed by atoms with Gasteiger partial charge in [-0.15, -0.1) is 0 Å². The first kappa shape index (κ1) is 14.2. The largest absolute Gasteiger partial charge is 0.323 e. The second-order valence-electron chi connectivity index (χ2n) is 5.39. The zero-order valence-electron chi connectivity index (χ0n) is 11.8. The van der Waals surface area contributed by atoms with E-state index in [1.165, 1.54) is 16.3 Å². The van der Waals surface area contributed by atoms with Gasteiger partial charge in [0.05, 0.1) is 0 Å². The molecule has 1 aliphatic rings. The van der Waals surface area contributed by atoms with Gasteiger partial charge < -0.3 is 5.73 Å². The number of nitrogens with two attached hydrogens (primary N) is 1. The van der Waals surface area contributed by atoms with E-state index in [1.54, 1.807) is 0 Å². The van der Waals surface area contributed by atoms with Crippen LogP contribution < -0.4 is 5.73 Å². The van der Waals surface area contributed by atoms with Gasteiger partial charge >= 0.3 is 0 Å². The molecule has 0 bridgehead atoms. The molecule has 1 aliphatic heterocycles. The minimum Gasteiger partial charge on any atom is -0.323 e. The van der Waals surface area contributed by atoms with Gasteiger partial charge in [-0.2, -0.15) is 23.5 Å². The molecule has 4 unspecified atom stereocenters. The Bertz CT molecular complexity index is 597. The summed E-state index contributed by atoms with van der Waals surface area (Å²) in [5.41, 5.74) is 7.84. The Morgan fingerprint density at radius 2 is 2.10 bits per heavy atom. The van der Waals surface area contributed by atoms with Crippen LogP contribution >= 0.6 is 23.5 Å². The quantitative estimate of drug-likeness (QED) is 0.914. The third-order valence-electron chi connectivity index (χ3n) is 4.05. The third kappa shape index (κ3) is 2.69. The fourth-order valence-corrected chi connectivity index (χ4v) is 5.67. The average molecular weight is 304 g/mol. The highest BCUT2D eigenvalue weighted by atomic mass is 32.2. The van der Waals surface area contributed by atoms with E-state index < -0.39 is 0 Å². The van der Waals surface area contributed by atoms with Gasteiger partial charge in [-0.1, -0.05) is 32.0 Å². The molecule has 1 aromatic heterocycles. The first-order valence-corrected chi connectivity index (χ1v) is 9.01. The van der Waals surface area contributed by atoms with Crippen molar-refractivity contribution in [1.82, 2.24) is 4.98 Å². The van der Waals surface area contributed by atoms with Crippen LogP contribution in [0.15, 0.2) is 36.7 Å². The fraction of sp³-hybridized carbons (Fsp3) is 0.438. The fourth-order valence-electron chi connectivity index (χ4n) is 2.63. The lowest BCUT2D eigenvalue weighted by molar-refractivity contribution is 0.713. The predicted molar refractivity (Wildman–Crippen MR) is 91.4 cm³/mol. The molecule has 2 N–H and O–H groups in total. The first-order chi connectivity index (χ1) is 9.66. The second kappa shape index (κ2) is 5.96. The molecule has 0 saturated carbocycles. The molecule has 3 rings (SSSR count). The molecule has 0 amide bonds. The lowest BCUT2D eigenvalue weighted by atomic mass is 9.99. The number of benzene rings is 1. The highest BCUT2D eigenvalue weighted by Crippen LogP contribution is 2.41. The average Bonchev–Trinajstić information content (AvgIpc) is 2.49. The molecule has 0 aliphatic carbocycles. The van der Waals surface area contributed by atoms with Crippen LogP contribution in [-0.4, -0.2) is 26.5 Å². The lowest BCUT2D eigenvalue weighted by Crippen LogP contribution is -2.34. The summed E-state index contributed by atoms with van der Waals surface area (Å²) in [5.74, 6) is 1.14. The van der Waals surface area contributed by atoms with E-state index in [0.29, 0.717) is 10.5 Å². The standard InChI is InChI=1S/C16H20N2S2/c1-10-11(2)20-15(9-19-10)16(17)14-5-3-4-12-8-18-7-6-13(12)14/h3-8,10-11,15-16H,9,17H2,1-2H3. The van der Waals surface area contributed by atoms with Crippen LogP contribution in [0, 0.1) is 0 Å². The Kier molecular flexibility index (Phi) is 4.24. The van der Waals surface area contributed by atoms with Crippen LogP contribution in [0.3, 0.4) is 0 Å². The number of fused-ring (bicyclic) bond motifs is 1. The van der Waals surface area contributed by atoms with Gasteiger partial charge in [-0.05, 0) is 17.0 Å². The lowest BCUT2D eigenvalue weighted by Gasteiger charge is -2.34. The Hall–Kier alpha value is -0.710. The van der Waals surface area contributed by atoms with Gasteiger partial charge in [-0.25, -0.2) is 0 Å². The van der Waals surface area contributed by atoms with Crippen molar-refractivity contribution in [1.29, 1.82) is 0 Å². The van der Waals surface area contributed by atoms with E-state index in [2.05, 4.69) is 43.1 Å². The highest BCUT2D eigenvalue weighted by Gasteiger charge is 2.30. The monoisotopic (exact) mass is 304 g/mol. The summed E-state index contributed by atoms with van der Waals surface area (Å²) in [5, 5.41) is 4.30. The van der Waals surface area contributed by atoms with Crippen molar-refractivity contribution in [3.05, 3.63) is 42.2 Å². The molecular weight excluding hydrogens is 284 g/mol. The number of aromatic nitrogens is 1. The van der Waals surface area contributed by atoms with Crippen LogP contribution in [0.1, 0.15) is 25.5 Å². The van der Waals surface area contributed by atoms with E-state index in [9.17, 15) is 0 Å². The topological polar surface area (TPSA) is 38.9 Å². The van der Waals surface area contributed by atoms with Crippen molar-refractivity contribution < 1.29 is 0 Å². The molecule has 1 saturated heterocycles. The maximum Gasteiger partial charge on any atom is 0.0429 e. The van der Waals surface area contributed by atoms with Crippen molar-refractivity contribution in [2.75, 3.05) is 5.75 Å². The maximum atomic E-state index is 6.59. The summed E-state index contributed by atoms with van der Waals surface area (Å²) in [6.07, 6.45) is 3.77. The van der Waals surface area contributed by atoms with Gasteiger partial charge in [-0.3, -0.25) is 4.98 Å². The van der Waals surface area contributed by atoms with Crippen LogP contribution in [-0.2, 0) is 0 Å². The Morgan fingerprint density at radius 1 is 1.25 bits per heavy atom. The zero-order chi connectivity index (χ0) is 14.1. The summed E-state index contributed by atoms with van der Waals surface area (Å²) >= 11 is 4.09. The second-order valence-corrected chi connectivity index (χ2v) is 8.42. The van der Waals surface area contributed by atoms with Crippen LogP contribution in [0.5, 0.6) is 0 Å². The van der Waals surface area contributed by atoms with Crippen LogP contribution in [0.2, 0.25) is 0 Å². The van der Waals surface area contributed by atoms with E-state index in [4.69, 9.17) is 5.73 Å². The minimum absolute atomic E-state index is 0.0912. The normalized spacial score (nSPS) is 28.4. The molecule has 106 valence electrons. The molecule has 1 aromatic carbocycles. The zero-order valence-corrected chi connectivity index (χ0v) is 13.5. The van der Waals surface area contributed by atoms with Crippen molar-refractivity contribution >= 4 is 34.3 Å². The van der Waals surface area contributed by atoms with E-state index in [-0.39, 0.29) is 6.04 Å². The molecule has 2 nitrogen and oxygen atoms in total. The Labute approximate surface area is 128 Å². The van der Waals surface area contributed by atoms with E-state index in [0.717, 1.165) is 11.0 Å². The van der Waals surface area contributed by atoms with E-state index >= 15 is 0 Å². The molecule has 2 aromatic rings. The molecule has 2 heterocycles. The van der Waals surface area contributed by atoms with Crippen LogP contribution in [0.4, 0.5) is 0 Å². The maximum absolute atomic E-state index is 6.59. The van der Waals surface area contributed by atoms with Crippen molar-refractivity contribution in [3.8, 4) is 0 Å². The van der Waals surface area contributed by atoms with Gasteiger partial charge in [0.1, 0.15) is 0 Å². The van der Waals surface area contributed by atoms with Crippen molar-refractivity contribution in [2.45, 2.75) is 35.6 Å². The number of nitrogens with zero attached hydrogens (tertiary/aromatic N) is 1. The number of thioether (sulfide) groups is 2. The molecule has 4 atom stereocenters. The number of hydrogen-bond donors (Lipinski definition) is 1. The summed E-state index contributed by atoms with van der Waals surface area (Å²) in [4.78, 5) is 4.20. The Morgan fingerprint density at radius 3 is 2.90 bits per heavy atom. The van der Waals surface area contributed by atoms with Gasteiger partial charge in [0, 0.05) is 45.3 Å². The smallest absolute Gasteiger partial charge is 0.0429 e. The van der Waals surface area contributed by atoms with E-state index in [1.807, 2.05) is 35.9 Å². The summed E-state index contributed by atoms with van der Waals surface area (Å²) < 4.78 is 0. The molecule has 0 radical (unpaired) electrons. The van der Waals surface area contributed by atoms with Crippen molar-refractivity contribution in [2.24, 2.45) is 5.73 Å². The minimum atomic E-state index is 0.0912. The Balaban J connectivity index is 1.91. The van der Waals surface area contributed by atoms with Crippen LogP contribution in [0.25, 0.3) is 10.8 Å². The number of pyridine rings is 1. The SMILES string of the molecule is CC1SCC(C(N)c2cccc3cnccc23)SC1C. The van der Waals surface area contributed by atoms with Crippen molar-refractivity contribution in [3.63, 3.8) is 0 Å². The summed E-state index contributed by atoms with van der Waals surface area (Å²) in [7, 11) is 0. The first-order valence-electron chi connectivity index (χ1n) is 7.02. The number of hydrogen-bond acceptors (Lipinski definition) is 4. The summed E-state index contributed by atoms with van der Waals surface area (Å²) in [6.45, 7) is 4.63. The summed E-state index contributed by atoms with van der Waals surface area (Å²) in [6, 6.07) is 8.53.